The van der Waals surface area contributed by atoms with Crippen LogP contribution in [0.1, 0.15) is 32.5 Å². The van der Waals surface area contributed by atoms with Crippen molar-refractivity contribution >= 4 is 21.8 Å². The van der Waals surface area contributed by atoms with Gasteiger partial charge < -0.3 is 9.30 Å². The zero-order valence-corrected chi connectivity index (χ0v) is 19.0. The number of hydrogen-bond donors (Lipinski definition) is 0. The molecule has 0 N–H and O–H groups in total. The molecule has 7 nitrogen and oxygen atoms in total. The van der Waals surface area contributed by atoms with E-state index in [0.29, 0.717) is 31.5 Å². The minimum absolute atomic E-state index is 0.342. The lowest BCUT2D eigenvalue weighted by molar-refractivity contribution is 0.285. The molecule has 2 aromatic rings. The Hall–Kier alpha value is -1.58. The Morgan fingerprint density at radius 3 is 2.66 bits per heavy atom. The number of rotatable bonds is 10. The van der Waals surface area contributed by atoms with E-state index < -0.39 is 10.0 Å². The molecule has 1 atom stereocenters. The molecule has 1 aromatic heterocycles. The van der Waals surface area contributed by atoms with E-state index in [0.717, 1.165) is 41.9 Å². The van der Waals surface area contributed by atoms with Crippen molar-refractivity contribution in [1.29, 1.82) is 0 Å². The van der Waals surface area contributed by atoms with E-state index in [1.807, 2.05) is 30.3 Å². The lowest BCUT2D eigenvalue weighted by Gasteiger charge is -2.14. The Morgan fingerprint density at radius 1 is 1.24 bits per heavy atom. The third-order valence-corrected chi connectivity index (χ3v) is 7.47. The van der Waals surface area contributed by atoms with E-state index in [1.54, 1.807) is 16.1 Å². The van der Waals surface area contributed by atoms with Crippen LogP contribution >= 0.6 is 11.8 Å². The van der Waals surface area contributed by atoms with E-state index in [2.05, 4.69) is 28.6 Å². The van der Waals surface area contributed by atoms with Gasteiger partial charge in [0.15, 0.2) is 11.0 Å². The van der Waals surface area contributed by atoms with Crippen LogP contribution in [0.2, 0.25) is 0 Å². The first-order chi connectivity index (χ1) is 13.8. The maximum absolute atomic E-state index is 11.7. The van der Waals surface area contributed by atoms with Gasteiger partial charge in [-0.05, 0) is 36.8 Å². The predicted octanol–water partition coefficient (Wildman–Crippen LogP) is 3.28. The summed E-state index contributed by atoms with van der Waals surface area (Å²) >= 11 is 1.66. The molecule has 29 heavy (non-hydrogen) atoms. The van der Waals surface area contributed by atoms with Crippen LogP contribution in [0.5, 0.6) is 5.75 Å². The van der Waals surface area contributed by atoms with Crippen molar-refractivity contribution in [3.05, 3.63) is 36.2 Å². The maximum atomic E-state index is 11.7. The van der Waals surface area contributed by atoms with Gasteiger partial charge >= 0.3 is 0 Å². The molecule has 0 radical (unpaired) electrons. The summed E-state index contributed by atoms with van der Waals surface area (Å²) in [4.78, 5) is 0. The van der Waals surface area contributed by atoms with Gasteiger partial charge in [0, 0.05) is 25.4 Å². The van der Waals surface area contributed by atoms with Gasteiger partial charge in [-0.25, -0.2) is 12.7 Å². The van der Waals surface area contributed by atoms with Crippen molar-refractivity contribution in [2.24, 2.45) is 11.8 Å². The molecule has 1 aliphatic heterocycles. The standard InChI is InChI=1S/C20H30N4O3S2/c1-16(2)9-12-24-19(14-27-18-7-5-4-6-8-18)21-22-20(24)28-15-17-10-11-23(13-17)29(3,25)26/h4-8,16-17H,9-15H2,1-3H3. The summed E-state index contributed by atoms with van der Waals surface area (Å²) in [5.74, 6) is 3.39. The predicted molar refractivity (Wildman–Crippen MR) is 115 cm³/mol. The summed E-state index contributed by atoms with van der Waals surface area (Å²) in [6, 6.07) is 9.71. The number of sulfonamides is 1. The molecule has 1 aromatic carbocycles. The molecule has 0 spiro atoms. The molecule has 3 rings (SSSR count). The van der Waals surface area contributed by atoms with Crippen LogP contribution in [0.4, 0.5) is 0 Å². The molecule has 0 aliphatic carbocycles. The highest BCUT2D eigenvalue weighted by atomic mass is 32.2. The molecule has 160 valence electrons. The number of benzene rings is 1. The van der Waals surface area contributed by atoms with Gasteiger partial charge in [0.2, 0.25) is 10.0 Å². The first-order valence-electron chi connectivity index (χ1n) is 10.0. The molecule has 0 amide bonds. The molecule has 1 saturated heterocycles. The molecule has 9 heteroatoms. The highest BCUT2D eigenvalue weighted by Crippen LogP contribution is 2.27. The van der Waals surface area contributed by atoms with Crippen LogP contribution in [0, 0.1) is 11.8 Å². The SMILES string of the molecule is CC(C)CCn1c(COc2ccccc2)nnc1SCC1CCN(S(C)(=O)=O)C1. The summed E-state index contributed by atoms with van der Waals surface area (Å²) in [5.41, 5.74) is 0. The summed E-state index contributed by atoms with van der Waals surface area (Å²) in [6.07, 6.45) is 3.21. The van der Waals surface area contributed by atoms with Gasteiger partial charge in [-0.15, -0.1) is 10.2 Å². The number of nitrogens with zero attached hydrogens (tertiary/aromatic N) is 4. The van der Waals surface area contributed by atoms with Crippen LogP contribution < -0.4 is 4.74 Å². The largest absolute Gasteiger partial charge is 0.486 e. The van der Waals surface area contributed by atoms with E-state index in [4.69, 9.17) is 4.74 Å². The molecular formula is C20H30N4O3S2. The zero-order valence-electron chi connectivity index (χ0n) is 17.3. The van der Waals surface area contributed by atoms with Crippen LogP contribution in [0.15, 0.2) is 35.5 Å². The number of thioether (sulfide) groups is 1. The van der Waals surface area contributed by atoms with Crippen molar-refractivity contribution in [2.45, 2.75) is 45.0 Å². The Balaban J connectivity index is 1.63. The van der Waals surface area contributed by atoms with Gasteiger partial charge in [0.1, 0.15) is 12.4 Å². The third-order valence-electron chi connectivity index (χ3n) is 5.00. The Labute approximate surface area is 177 Å². The highest BCUT2D eigenvalue weighted by molar-refractivity contribution is 7.99. The number of aromatic nitrogens is 3. The van der Waals surface area contributed by atoms with Gasteiger partial charge in [0.05, 0.1) is 6.26 Å². The second kappa shape index (κ2) is 9.95. The Kier molecular flexibility index (Phi) is 7.59. The molecular weight excluding hydrogens is 408 g/mol. The monoisotopic (exact) mass is 438 g/mol. The van der Waals surface area contributed by atoms with Crippen molar-refractivity contribution < 1.29 is 13.2 Å². The topological polar surface area (TPSA) is 77.3 Å². The lowest BCUT2D eigenvalue weighted by atomic mass is 10.1. The fourth-order valence-electron chi connectivity index (χ4n) is 3.24. The summed E-state index contributed by atoms with van der Waals surface area (Å²) < 4.78 is 33.1. The fraction of sp³-hybridized carbons (Fsp3) is 0.600. The summed E-state index contributed by atoms with van der Waals surface area (Å²) in [5, 5.41) is 9.65. The Bertz CT molecular complexity index is 884. The van der Waals surface area contributed by atoms with Gasteiger partial charge in [-0.1, -0.05) is 43.8 Å². The lowest BCUT2D eigenvalue weighted by Crippen LogP contribution is -2.27. The van der Waals surface area contributed by atoms with Crippen molar-refractivity contribution in [3.8, 4) is 5.75 Å². The smallest absolute Gasteiger partial charge is 0.211 e. The minimum Gasteiger partial charge on any atom is -0.486 e. The summed E-state index contributed by atoms with van der Waals surface area (Å²) in [7, 11) is -3.10. The van der Waals surface area contributed by atoms with Crippen molar-refractivity contribution in [2.75, 3.05) is 25.1 Å². The summed E-state index contributed by atoms with van der Waals surface area (Å²) in [6.45, 7) is 6.84. The average molecular weight is 439 g/mol. The Morgan fingerprint density at radius 2 is 2.00 bits per heavy atom. The van der Waals surface area contributed by atoms with Gasteiger partial charge in [0.25, 0.3) is 0 Å². The van der Waals surface area contributed by atoms with Crippen molar-refractivity contribution in [3.63, 3.8) is 0 Å². The number of para-hydroxylation sites is 1. The second-order valence-corrected chi connectivity index (χ2v) is 10.9. The van der Waals surface area contributed by atoms with Crippen LogP contribution in [0.3, 0.4) is 0 Å². The van der Waals surface area contributed by atoms with E-state index in [-0.39, 0.29) is 0 Å². The van der Waals surface area contributed by atoms with E-state index in [9.17, 15) is 8.42 Å². The maximum Gasteiger partial charge on any atom is 0.211 e. The highest BCUT2D eigenvalue weighted by Gasteiger charge is 2.29. The van der Waals surface area contributed by atoms with Gasteiger partial charge in [-0.3, -0.25) is 0 Å². The quantitative estimate of drug-likeness (QED) is 0.530. The minimum atomic E-state index is -3.10. The third kappa shape index (κ3) is 6.45. The second-order valence-electron chi connectivity index (χ2n) is 7.92. The molecule has 1 aliphatic rings. The van der Waals surface area contributed by atoms with E-state index in [1.165, 1.54) is 6.26 Å². The normalized spacial score (nSPS) is 17.9. The van der Waals surface area contributed by atoms with Crippen LogP contribution in [0.25, 0.3) is 0 Å². The molecule has 1 fully saturated rings. The van der Waals surface area contributed by atoms with Crippen LogP contribution in [-0.2, 0) is 23.2 Å². The number of hydrogen-bond acceptors (Lipinski definition) is 6. The van der Waals surface area contributed by atoms with Gasteiger partial charge in [-0.2, -0.15) is 0 Å². The fourth-order valence-corrected chi connectivity index (χ4v) is 5.26. The molecule has 2 heterocycles. The van der Waals surface area contributed by atoms with Crippen LogP contribution in [-0.4, -0.2) is 52.6 Å². The zero-order chi connectivity index (χ0) is 20.9. The van der Waals surface area contributed by atoms with Crippen molar-refractivity contribution in [1.82, 2.24) is 19.1 Å². The molecule has 0 bridgehead atoms. The average Bonchev–Trinajstić information content (AvgIpc) is 3.30. The molecule has 0 saturated carbocycles. The first-order valence-corrected chi connectivity index (χ1v) is 12.8. The number of ether oxygens (including phenoxy) is 1. The van der Waals surface area contributed by atoms with E-state index >= 15 is 0 Å². The molecule has 1 unspecified atom stereocenters. The first kappa shape index (κ1) is 22.1.